The van der Waals surface area contributed by atoms with Gasteiger partial charge in [-0.15, -0.1) is 10.2 Å². The maximum atomic E-state index is 10.4. The molecule has 1 atom stereocenters. The lowest BCUT2D eigenvalue weighted by molar-refractivity contribution is 0.251. The molecule has 0 radical (unpaired) electrons. The van der Waals surface area contributed by atoms with E-state index in [1.165, 1.54) is 30.0 Å². The Hall–Kier alpha value is -2.97. The quantitative estimate of drug-likeness (QED) is 0.726. The van der Waals surface area contributed by atoms with Crippen molar-refractivity contribution >= 4 is 10.9 Å². The minimum atomic E-state index is 0.0528. The van der Waals surface area contributed by atoms with Crippen LogP contribution in [0.25, 0.3) is 22.2 Å². The zero-order chi connectivity index (χ0) is 19.8. The van der Waals surface area contributed by atoms with Crippen molar-refractivity contribution in [3.63, 3.8) is 0 Å². The predicted molar refractivity (Wildman–Crippen MR) is 110 cm³/mol. The van der Waals surface area contributed by atoms with Crippen molar-refractivity contribution in [3.05, 3.63) is 52.6 Å². The third kappa shape index (κ3) is 3.10. The Morgan fingerprint density at radius 2 is 2.00 bits per heavy atom. The SMILES string of the molecule is Cc1ccc2c(C)c(-c3ccc(C#N)cc3O)nnc2c1[C@H]1CCCN(C)C1. The number of likely N-dealkylation sites (tertiary alicyclic amines) is 1. The number of hydrogen-bond donors (Lipinski definition) is 1. The van der Waals surface area contributed by atoms with Crippen LogP contribution in [0.15, 0.2) is 30.3 Å². The molecule has 1 aliphatic heterocycles. The van der Waals surface area contributed by atoms with Crippen LogP contribution in [0.1, 0.15) is 41.0 Å². The zero-order valence-electron chi connectivity index (χ0n) is 16.5. The van der Waals surface area contributed by atoms with E-state index in [9.17, 15) is 5.11 Å². The molecule has 1 aliphatic rings. The molecular formula is C23H24N4O. The highest BCUT2D eigenvalue weighted by Crippen LogP contribution is 2.37. The van der Waals surface area contributed by atoms with Gasteiger partial charge in [0.2, 0.25) is 0 Å². The number of hydrogen-bond acceptors (Lipinski definition) is 5. The molecule has 0 amide bonds. The number of piperidine rings is 1. The number of rotatable bonds is 2. The number of aromatic hydroxyl groups is 1. The highest BCUT2D eigenvalue weighted by atomic mass is 16.3. The van der Waals surface area contributed by atoms with Gasteiger partial charge in [-0.25, -0.2) is 0 Å². The van der Waals surface area contributed by atoms with E-state index < -0.39 is 0 Å². The van der Waals surface area contributed by atoms with Crippen LogP contribution in [0.4, 0.5) is 0 Å². The standard InChI is InChI=1S/C23H24N4O/c1-14-6-8-18-15(2)22(19-9-7-16(12-24)11-20(19)28)25-26-23(18)21(14)17-5-4-10-27(3)13-17/h6-9,11,17,28H,4-5,10,13H2,1-3H3/t17-/m0/s1. The van der Waals surface area contributed by atoms with Crippen LogP contribution in [-0.4, -0.2) is 40.3 Å². The monoisotopic (exact) mass is 372 g/mol. The van der Waals surface area contributed by atoms with Crippen LogP contribution >= 0.6 is 0 Å². The van der Waals surface area contributed by atoms with Gasteiger partial charge >= 0.3 is 0 Å². The third-order valence-corrected chi connectivity index (χ3v) is 5.86. The smallest absolute Gasteiger partial charge is 0.126 e. The fraction of sp³-hybridized carbons (Fsp3) is 0.348. The summed E-state index contributed by atoms with van der Waals surface area (Å²) in [7, 11) is 2.18. The van der Waals surface area contributed by atoms with E-state index in [-0.39, 0.29) is 5.75 Å². The van der Waals surface area contributed by atoms with Crippen molar-refractivity contribution in [2.45, 2.75) is 32.6 Å². The summed E-state index contributed by atoms with van der Waals surface area (Å²) in [4.78, 5) is 2.38. The molecule has 142 valence electrons. The van der Waals surface area contributed by atoms with Gasteiger partial charge in [-0.05, 0) is 81.1 Å². The van der Waals surface area contributed by atoms with Crippen LogP contribution in [0.5, 0.6) is 5.75 Å². The van der Waals surface area contributed by atoms with Crippen LogP contribution in [0, 0.1) is 25.2 Å². The minimum absolute atomic E-state index is 0.0528. The number of benzene rings is 2. The maximum absolute atomic E-state index is 10.4. The molecule has 0 unspecified atom stereocenters. The zero-order valence-corrected chi connectivity index (χ0v) is 16.5. The van der Waals surface area contributed by atoms with Crippen molar-refractivity contribution < 1.29 is 5.11 Å². The van der Waals surface area contributed by atoms with Crippen LogP contribution in [-0.2, 0) is 0 Å². The summed E-state index contributed by atoms with van der Waals surface area (Å²) >= 11 is 0. The average Bonchev–Trinajstić information content (AvgIpc) is 2.68. The number of likely N-dealkylation sites (N-methyl/N-ethyl adjacent to an activating group) is 1. The number of phenols is 1. The van der Waals surface area contributed by atoms with E-state index >= 15 is 0 Å². The normalized spacial score (nSPS) is 17.6. The molecule has 28 heavy (non-hydrogen) atoms. The molecule has 0 bridgehead atoms. The Morgan fingerprint density at radius 3 is 2.71 bits per heavy atom. The fourth-order valence-electron chi connectivity index (χ4n) is 4.40. The second kappa shape index (κ2) is 7.21. The van der Waals surface area contributed by atoms with Crippen molar-refractivity contribution in [2.75, 3.05) is 20.1 Å². The molecule has 2 heterocycles. The average molecular weight is 372 g/mol. The van der Waals surface area contributed by atoms with Crippen molar-refractivity contribution in [2.24, 2.45) is 0 Å². The van der Waals surface area contributed by atoms with Gasteiger partial charge in [0, 0.05) is 17.5 Å². The Bertz CT molecular complexity index is 1100. The molecule has 1 saturated heterocycles. The first-order valence-electron chi connectivity index (χ1n) is 9.68. The lowest BCUT2D eigenvalue weighted by atomic mass is 9.85. The van der Waals surface area contributed by atoms with Crippen LogP contribution in [0.3, 0.4) is 0 Å². The molecular weight excluding hydrogens is 348 g/mol. The van der Waals surface area contributed by atoms with E-state index in [4.69, 9.17) is 5.26 Å². The number of fused-ring (bicyclic) bond motifs is 1. The van der Waals surface area contributed by atoms with E-state index in [2.05, 4.69) is 41.2 Å². The lowest BCUT2D eigenvalue weighted by Gasteiger charge is -2.31. The summed E-state index contributed by atoms with van der Waals surface area (Å²) in [5.74, 6) is 0.516. The number of phenolic OH excluding ortho intramolecular Hbond substituents is 1. The number of aromatic nitrogens is 2. The van der Waals surface area contributed by atoms with E-state index in [0.717, 1.165) is 29.6 Å². The van der Waals surface area contributed by atoms with Crippen LogP contribution < -0.4 is 0 Å². The molecule has 0 saturated carbocycles. The summed E-state index contributed by atoms with van der Waals surface area (Å²) in [6, 6.07) is 11.2. The predicted octanol–water partition coefficient (Wildman–Crippen LogP) is 4.30. The van der Waals surface area contributed by atoms with Gasteiger partial charge < -0.3 is 10.0 Å². The Labute approximate surface area is 165 Å². The van der Waals surface area contributed by atoms with Crippen molar-refractivity contribution in [1.82, 2.24) is 15.1 Å². The minimum Gasteiger partial charge on any atom is -0.507 e. The molecule has 1 fully saturated rings. The van der Waals surface area contributed by atoms with Crippen LogP contribution in [0.2, 0.25) is 0 Å². The van der Waals surface area contributed by atoms with Crippen molar-refractivity contribution in [3.8, 4) is 23.1 Å². The Morgan fingerprint density at radius 1 is 1.18 bits per heavy atom. The molecule has 5 nitrogen and oxygen atoms in total. The summed E-state index contributed by atoms with van der Waals surface area (Å²) in [6.07, 6.45) is 2.36. The maximum Gasteiger partial charge on any atom is 0.126 e. The fourth-order valence-corrected chi connectivity index (χ4v) is 4.40. The van der Waals surface area contributed by atoms with Gasteiger partial charge in [0.05, 0.1) is 17.1 Å². The summed E-state index contributed by atoms with van der Waals surface area (Å²) in [5.41, 5.74) is 6.21. The second-order valence-corrected chi connectivity index (χ2v) is 7.81. The summed E-state index contributed by atoms with van der Waals surface area (Å²) < 4.78 is 0. The molecule has 3 aromatic rings. The first-order valence-corrected chi connectivity index (χ1v) is 9.68. The number of nitriles is 1. The number of aryl methyl sites for hydroxylation is 2. The molecule has 1 aromatic heterocycles. The topological polar surface area (TPSA) is 73.0 Å². The molecule has 0 spiro atoms. The largest absolute Gasteiger partial charge is 0.507 e. The van der Waals surface area contributed by atoms with E-state index in [1.807, 2.05) is 13.0 Å². The van der Waals surface area contributed by atoms with Crippen molar-refractivity contribution in [1.29, 1.82) is 5.26 Å². The summed E-state index contributed by atoms with van der Waals surface area (Å²) in [6.45, 7) is 6.36. The van der Waals surface area contributed by atoms with Gasteiger partial charge in [-0.3, -0.25) is 0 Å². The first-order chi connectivity index (χ1) is 13.5. The Balaban J connectivity index is 1.87. The molecule has 4 rings (SSSR count). The third-order valence-electron chi connectivity index (χ3n) is 5.86. The van der Waals surface area contributed by atoms with Gasteiger partial charge in [0.25, 0.3) is 0 Å². The van der Waals surface area contributed by atoms with Gasteiger partial charge in [0.1, 0.15) is 11.4 Å². The van der Waals surface area contributed by atoms with E-state index in [0.29, 0.717) is 22.7 Å². The number of nitrogens with zero attached hydrogens (tertiary/aromatic N) is 4. The first kappa shape index (κ1) is 18.4. The lowest BCUT2D eigenvalue weighted by Crippen LogP contribution is -2.31. The molecule has 2 aromatic carbocycles. The summed E-state index contributed by atoms with van der Waals surface area (Å²) in [5, 5.41) is 29.6. The van der Waals surface area contributed by atoms with Gasteiger partial charge in [0.15, 0.2) is 0 Å². The van der Waals surface area contributed by atoms with Gasteiger partial charge in [-0.1, -0.05) is 12.1 Å². The molecule has 0 aliphatic carbocycles. The molecule has 5 heteroatoms. The molecule has 1 N–H and O–H groups in total. The Kier molecular flexibility index (Phi) is 4.74. The highest BCUT2D eigenvalue weighted by Gasteiger charge is 2.24. The highest BCUT2D eigenvalue weighted by molar-refractivity contribution is 5.90. The van der Waals surface area contributed by atoms with Gasteiger partial charge in [-0.2, -0.15) is 5.26 Å². The van der Waals surface area contributed by atoms with E-state index in [1.54, 1.807) is 12.1 Å². The second-order valence-electron chi connectivity index (χ2n) is 7.81.